The van der Waals surface area contributed by atoms with Crippen LogP contribution in [0.3, 0.4) is 0 Å². The monoisotopic (exact) mass is 664 g/mol. The van der Waals surface area contributed by atoms with E-state index in [9.17, 15) is 18.0 Å². The lowest BCUT2D eigenvalue weighted by Gasteiger charge is -2.19. The number of H-pyrrole nitrogens is 1. The Hall–Kier alpha value is -5.55. The molecule has 0 unspecified atom stereocenters. The third-order valence-electron chi connectivity index (χ3n) is 6.62. The highest BCUT2D eigenvalue weighted by Crippen LogP contribution is 2.40. The Morgan fingerprint density at radius 2 is 1.85 bits per heavy atom. The van der Waals surface area contributed by atoms with E-state index in [4.69, 9.17) is 4.18 Å². The maximum absolute atomic E-state index is 15.1. The van der Waals surface area contributed by atoms with Gasteiger partial charge in [0.05, 0.1) is 24.1 Å². The highest BCUT2D eigenvalue weighted by atomic mass is 32.2. The van der Waals surface area contributed by atoms with Gasteiger partial charge in [0.15, 0.2) is 16.5 Å². The number of aromatic nitrogens is 6. The van der Waals surface area contributed by atoms with Crippen LogP contribution >= 0.6 is 11.3 Å². The van der Waals surface area contributed by atoms with E-state index in [0.29, 0.717) is 11.4 Å². The van der Waals surface area contributed by atoms with Gasteiger partial charge >= 0.3 is 10.1 Å². The molecule has 46 heavy (non-hydrogen) atoms. The van der Waals surface area contributed by atoms with E-state index in [1.165, 1.54) is 24.5 Å². The van der Waals surface area contributed by atoms with Crippen molar-refractivity contribution in [2.24, 2.45) is 0 Å². The molecule has 0 bridgehead atoms. The number of aryl methyl sites for hydroxylation is 1. The Kier molecular flexibility index (Phi) is 8.01. The van der Waals surface area contributed by atoms with Crippen molar-refractivity contribution < 1.29 is 26.2 Å². The Labute approximate surface area is 263 Å². The summed E-state index contributed by atoms with van der Waals surface area (Å²) in [6.07, 6.45) is 5.43. The summed E-state index contributed by atoms with van der Waals surface area (Å²) in [5, 5.41) is 7.56. The summed E-state index contributed by atoms with van der Waals surface area (Å²) in [4.78, 5) is 46.8. The van der Waals surface area contributed by atoms with E-state index < -0.39 is 38.9 Å². The number of hydrogen-bond donors (Lipinski definition) is 3. The molecular weight excluding hydrogens is 643 g/mol. The van der Waals surface area contributed by atoms with Crippen LogP contribution in [-0.2, 0) is 16.7 Å². The fourth-order valence-electron chi connectivity index (χ4n) is 4.70. The molecule has 234 valence electrons. The lowest BCUT2D eigenvalue weighted by atomic mass is 9.97. The molecule has 0 aliphatic carbocycles. The van der Waals surface area contributed by atoms with Gasteiger partial charge in [-0.25, -0.2) is 23.7 Å². The molecule has 0 spiro atoms. The molecule has 3 N–H and O–H groups in total. The van der Waals surface area contributed by atoms with Crippen molar-refractivity contribution in [3.63, 3.8) is 0 Å². The number of anilines is 2. The minimum absolute atomic E-state index is 0.00232. The molecule has 6 rings (SSSR count). The Bertz CT molecular complexity index is 2260. The molecule has 0 radical (unpaired) electrons. The first kappa shape index (κ1) is 30.5. The largest absolute Gasteiger partial charge is 0.381 e. The molecule has 4 heterocycles. The summed E-state index contributed by atoms with van der Waals surface area (Å²) in [5.41, 5.74) is -1.42. The molecule has 4 aromatic heterocycles. The predicted molar refractivity (Wildman–Crippen MR) is 167 cm³/mol. The van der Waals surface area contributed by atoms with Crippen LogP contribution in [0.5, 0.6) is 5.75 Å². The molecule has 0 saturated carbocycles. The van der Waals surface area contributed by atoms with Gasteiger partial charge in [-0.1, -0.05) is 12.1 Å². The third-order valence-corrected chi connectivity index (χ3v) is 7.77. The van der Waals surface area contributed by atoms with Gasteiger partial charge in [0.1, 0.15) is 23.1 Å². The number of nitrogens with one attached hydrogen (secondary N) is 3. The summed E-state index contributed by atoms with van der Waals surface area (Å²) < 4.78 is 61.5. The first-order chi connectivity index (χ1) is 22.0. The van der Waals surface area contributed by atoms with Crippen molar-refractivity contribution in [1.29, 1.82) is 0 Å². The zero-order valence-electron chi connectivity index (χ0n) is 23.9. The smallest absolute Gasteiger partial charge is 0.306 e. The van der Waals surface area contributed by atoms with Crippen LogP contribution in [0.4, 0.5) is 19.9 Å². The molecule has 0 saturated heterocycles. The van der Waals surface area contributed by atoms with Crippen LogP contribution in [-0.4, -0.2) is 50.1 Å². The van der Waals surface area contributed by atoms with Gasteiger partial charge in [-0.2, -0.15) is 13.4 Å². The summed E-state index contributed by atoms with van der Waals surface area (Å²) in [5.74, 6) is -2.78. The van der Waals surface area contributed by atoms with Crippen molar-refractivity contribution >= 4 is 49.5 Å². The van der Waals surface area contributed by atoms with Gasteiger partial charge < -0.3 is 14.5 Å². The molecule has 2 aromatic carbocycles. The highest BCUT2D eigenvalue weighted by Gasteiger charge is 2.27. The van der Waals surface area contributed by atoms with Crippen LogP contribution in [0.2, 0.25) is 0 Å². The summed E-state index contributed by atoms with van der Waals surface area (Å²) in [6.45, 7) is 1.70. The first-order valence-electron chi connectivity index (χ1n) is 13.3. The van der Waals surface area contributed by atoms with E-state index in [1.807, 2.05) is 0 Å². The fourth-order valence-corrected chi connectivity index (χ4v) is 5.70. The number of imidazole rings is 1. The summed E-state index contributed by atoms with van der Waals surface area (Å²) >= 11 is 1.15. The number of pyridine rings is 1. The Balaban J connectivity index is 1.66. The summed E-state index contributed by atoms with van der Waals surface area (Å²) in [7, 11) is -4.23. The molecule has 1 amide bonds. The van der Waals surface area contributed by atoms with Crippen LogP contribution < -0.4 is 20.4 Å². The zero-order valence-corrected chi connectivity index (χ0v) is 25.5. The van der Waals surface area contributed by atoms with Crippen molar-refractivity contribution in [2.75, 3.05) is 16.9 Å². The van der Waals surface area contributed by atoms with Gasteiger partial charge in [0, 0.05) is 41.0 Å². The predicted octanol–water partition coefficient (Wildman–Crippen LogP) is 4.42. The lowest BCUT2D eigenvalue weighted by Crippen LogP contribution is -2.22. The number of thiazole rings is 1. The van der Waals surface area contributed by atoms with E-state index >= 15 is 8.78 Å². The Morgan fingerprint density at radius 3 is 2.52 bits per heavy atom. The zero-order chi connectivity index (χ0) is 32.6. The number of aromatic amines is 1. The van der Waals surface area contributed by atoms with Crippen LogP contribution in [0.25, 0.3) is 28.0 Å². The maximum atomic E-state index is 15.1. The molecule has 17 heteroatoms. The molecular formula is C29H22F2N8O5S2. The average molecular weight is 665 g/mol. The van der Waals surface area contributed by atoms with Gasteiger partial charge in [-0.05, 0) is 36.8 Å². The van der Waals surface area contributed by atoms with Crippen LogP contribution in [0, 0.1) is 18.6 Å². The number of rotatable bonds is 9. The second-order valence-electron chi connectivity index (χ2n) is 9.81. The number of nitrogens with zero attached hydrogens (tertiary/aromatic N) is 5. The van der Waals surface area contributed by atoms with Gasteiger partial charge in [0.2, 0.25) is 5.95 Å². The standard InChI is InChI=1S/C29H22F2N8O5S2/c1-15-6-7-17(27(41)38-29-34-12-13-45-29)25(44-46(2,42)43)22(15)23-16-8-9-21(40)39(24-18(30)4-3-5-19(24)31)26(16)37-28(36-23)35-14-20-32-10-11-33-20/h3-13H,14H2,1-2H3,(H,32,33)(H,34,38,41)(H,35,36,37). The van der Waals surface area contributed by atoms with E-state index in [1.54, 1.807) is 24.6 Å². The van der Waals surface area contributed by atoms with E-state index in [0.717, 1.165) is 46.4 Å². The van der Waals surface area contributed by atoms with Crippen molar-refractivity contribution in [3.8, 4) is 22.7 Å². The number of carbonyl (C=O) groups is 1. The lowest BCUT2D eigenvalue weighted by molar-refractivity contribution is 0.102. The van der Waals surface area contributed by atoms with Crippen LogP contribution in [0.15, 0.2) is 71.2 Å². The number of hydrogen-bond acceptors (Lipinski definition) is 11. The minimum atomic E-state index is -4.23. The van der Waals surface area contributed by atoms with Crippen LogP contribution in [0.1, 0.15) is 21.7 Å². The normalized spacial score (nSPS) is 11.5. The second kappa shape index (κ2) is 12.1. The van der Waals surface area contributed by atoms with Gasteiger partial charge in [-0.3, -0.25) is 19.5 Å². The van der Waals surface area contributed by atoms with Crippen molar-refractivity contribution in [3.05, 3.63) is 105 Å². The quantitative estimate of drug-likeness (QED) is 0.188. The third kappa shape index (κ3) is 6.04. The Morgan fingerprint density at radius 1 is 1.07 bits per heavy atom. The average Bonchev–Trinajstić information content (AvgIpc) is 3.71. The van der Waals surface area contributed by atoms with Gasteiger partial charge in [-0.15, -0.1) is 11.3 Å². The number of benzene rings is 2. The maximum Gasteiger partial charge on any atom is 0.306 e. The van der Waals surface area contributed by atoms with E-state index in [-0.39, 0.29) is 51.2 Å². The number of para-hydroxylation sites is 1. The number of fused-ring (bicyclic) bond motifs is 1. The molecule has 6 aromatic rings. The first-order valence-corrected chi connectivity index (χ1v) is 16.0. The summed E-state index contributed by atoms with van der Waals surface area (Å²) in [6, 6.07) is 8.49. The molecule has 13 nitrogen and oxygen atoms in total. The number of halogens is 2. The van der Waals surface area contributed by atoms with E-state index in [2.05, 4.69) is 35.6 Å². The molecule has 0 aliphatic heterocycles. The molecule has 0 aliphatic rings. The number of amides is 1. The molecule has 0 fully saturated rings. The van der Waals surface area contributed by atoms with Crippen molar-refractivity contribution in [2.45, 2.75) is 13.5 Å². The number of carbonyl (C=O) groups excluding carboxylic acids is 1. The minimum Gasteiger partial charge on any atom is -0.381 e. The SMILES string of the molecule is Cc1ccc(C(=O)Nc2nccs2)c(OS(C)(=O)=O)c1-c1nc(NCc2ncc[nH]2)nc2c1ccc(=O)n2-c1c(F)cccc1F. The fraction of sp³-hybridized carbons (Fsp3) is 0.103. The van der Waals surface area contributed by atoms with Crippen molar-refractivity contribution in [1.82, 2.24) is 29.5 Å². The highest BCUT2D eigenvalue weighted by molar-refractivity contribution is 7.86. The second-order valence-corrected chi connectivity index (χ2v) is 12.3. The molecule has 0 atom stereocenters. The topological polar surface area (TPSA) is 174 Å². The van der Waals surface area contributed by atoms with Gasteiger partial charge in [0.25, 0.3) is 11.5 Å².